The van der Waals surface area contributed by atoms with E-state index in [4.69, 9.17) is 19.2 Å². The predicted molar refractivity (Wildman–Crippen MR) is 200 cm³/mol. The molecule has 1 atom stereocenters. The second-order valence-electron chi connectivity index (χ2n) is 12.3. The van der Waals surface area contributed by atoms with E-state index in [0.29, 0.717) is 39.2 Å². The third kappa shape index (κ3) is 8.41. The third-order valence-electron chi connectivity index (χ3n) is 8.11. The van der Waals surface area contributed by atoms with Crippen LogP contribution in [0.2, 0.25) is 0 Å². The molecule has 0 unspecified atom stereocenters. The van der Waals surface area contributed by atoms with E-state index in [0.717, 1.165) is 11.0 Å². The van der Waals surface area contributed by atoms with Crippen molar-refractivity contribution in [3.8, 4) is 58.0 Å². The number of carbonyl (C=O) groups excluding carboxylic acids is 2. The number of halogens is 4. The van der Waals surface area contributed by atoms with Crippen molar-refractivity contribution in [2.75, 3.05) is 4.90 Å². The highest BCUT2D eigenvalue weighted by molar-refractivity contribution is 14.1. The van der Waals surface area contributed by atoms with Crippen LogP contribution in [0.3, 0.4) is 0 Å². The van der Waals surface area contributed by atoms with Gasteiger partial charge in [-0.05, 0) is 80.0 Å². The number of pyridine rings is 1. The van der Waals surface area contributed by atoms with E-state index in [2.05, 4.69) is 31.1 Å². The molecule has 1 aliphatic heterocycles. The maximum absolute atomic E-state index is 12.9. The van der Waals surface area contributed by atoms with Crippen molar-refractivity contribution in [3.63, 3.8) is 0 Å². The van der Waals surface area contributed by atoms with Crippen molar-refractivity contribution in [3.05, 3.63) is 81.6 Å². The maximum atomic E-state index is 12.9. The van der Waals surface area contributed by atoms with Gasteiger partial charge >= 0.3 is 18.4 Å². The lowest BCUT2D eigenvalue weighted by molar-refractivity contribution is -0.274. The van der Waals surface area contributed by atoms with Crippen molar-refractivity contribution in [1.82, 2.24) is 29.8 Å². The summed E-state index contributed by atoms with van der Waals surface area (Å²) in [6.45, 7) is 8.84. The number of imide groups is 1. The molecule has 14 nitrogen and oxygen atoms in total. The summed E-state index contributed by atoms with van der Waals surface area (Å²) < 4.78 is 63.0. The molecule has 1 fully saturated rings. The molecule has 1 N–H and O–H groups in total. The molecule has 1 saturated heterocycles. The Bertz CT molecular complexity index is 2290. The van der Waals surface area contributed by atoms with Gasteiger partial charge in [0.1, 0.15) is 29.4 Å². The second kappa shape index (κ2) is 15.8. The lowest BCUT2D eigenvalue weighted by atomic mass is 10.1. The van der Waals surface area contributed by atoms with Gasteiger partial charge < -0.3 is 24.3 Å². The monoisotopic (exact) mass is 868 g/mol. The van der Waals surface area contributed by atoms with E-state index in [1.807, 2.05) is 43.4 Å². The van der Waals surface area contributed by atoms with Crippen LogP contribution in [-0.2, 0) is 11.2 Å². The number of aryl methyl sites for hydroxylation is 2. The first kappa shape index (κ1) is 38.7. The Morgan fingerprint density at radius 1 is 1.00 bits per heavy atom. The Morgan fingerprint density at radius 3 is 2.33 bits per heavy atom. The molecule has 4 heterocycles. The van der Waals surface area contributed by atoms with Crippen LogP contribution in [-0.4, -0.2) is 54.9 Å². The first-order valence-corrected chi connectivity index (χ1v) is 17.9. The number of amides is 3. The van der Waals surface area contributed by atoms with Gasteiger partial charge in [-0.2, -0.15) is 5.26 Å². The third-order valence-corrected chi connectivity index (χ3v) is 9.09. The summed E-state index contributed by atoms with van der Waals surface area (Å²) in [6, 6.07) is 9.51. The SMILES string of the molecule is CCc1cn(-c2cnc(Oc3ccc(C)c(OC(F)(F)F)c3)nc2)c(-c2cc(C#N)c(OC(C)C)c(I)c2Oc2ccc(N3C(=O)N[C@H](CC)C3=O)cn2)n1. The maximum Gasteiger partial charge on any atom is 0.573 e. The number of rotatable bonds is 12. The van der Waals surface area contributed by atoms with Gasteiger partial charge in [0, 0.05) is 18.3 Å². The number of hydrogen-bond acceptors (Lipinski definition) is 11. The molecular formula is C37H32F3IN8O6. The number of aromatic nitrogens is 5. The summed E-state index contributed by atoms with van der Waals surface area (Å²) in [4.78, 5) is 44.1. The zero-order chi connectivity index (χ0) is 39.6. The fourth-order valence-corrected chi connectivity index (χ4v) is 6.31. The molecule has 0 spiro atoms. The molecule has 284 valence electrons. The van der Waals surface area contributed by atoms with Gasteiger partial charge in [-0.3, -0.25) is 9.36 Å². The average Bonchev–Trinajstić information content (AvgIpc) is 3.71. The molecule has 1 aliphatic rings. The summed E-state index contributed by atoms with van der Waals surface area (Å²) >= 11 is 2.04. The van der Waals surface area contributed by atoms with Gasteiger partial charge in [0.25, 0.3) is 5.91 Å². The van der Waals surface area contributed by atoms with Gasteiger partial charge in [0.15, 0.2) is 11.5 Å². The van der Waals surface area contributed by atoms with Crippen molar-refractivity contribution in [2.24, 2.45) is 0 Å². The first-order chi connectivity index (χ1) is 26.2. The number of urea groups is 1. The van der Waals surface area contributed by atoms with Crippen molar-refractivity contribution >= 4 is 40.2 Å². The molecule has 5 aromatic rings. The quantitative estimate of drug-likeness (QED) is 0.0949. The molecular weight excluding hydrogens is 836 g/mol. The molecule has 2 aromatic carbocycles. The average molecular weight is 869 g/mol. The van der Waals surface area contributed by atoms with Crippen LogP contribution in [0.15, 0.2) is 61.2 Å². The highest BCUT2D eigenvalue weighted by Crippen LogP contribution is 2.44. The number of imidazole rings is 1. The summed E-state index contributed by atoms with van der Waals surface area (Å²) in [5.41, 5.74) is 2.23. The lowest BCUT2D eigenvalue weighted by Gasteiger charge is -2.20. The zero-order valence-electron chi connectivity index (χ0n) is 29.9. The number of anilines is 1. The van der Waals surface area contributed by atoms with Crippen molar-refractivity contribution in [2.45, 2.75) is 66.0 Å². The van der Waals surface area contributed by atoms with Crippen molar-refractivity contribution < 1.29 is 41.7 Å². The van der Waals surface area contributed by atoms with E-state index >= 15 is 0 Å². The number of nitrogens with one attached hydrogen (secondary N) is 1. The second-order valence-corrected chi connectivity index (χ2v) is 13.4. The standard InChI is InChI=1S/C37H32F3IN8O6/c1-6-22-18-48(24-16-44-35(45-17-24)53-25-10-8-20(5)28(13-25)55-37(38,39)40)33(46-22)26-12-21(14-42)31(52-19(3)4)30(41)32(26)54-29-11-9-23(15-43-29)49-34(50)27(7-2)47-36(49)51/h8-13,15-19,27H,6-7H2,1-5H3,(H,47,51)/t27-/m1/s1. The molecule has 18 heteroatoms. The summed E-state index contributed by atoms with van der Waals surface area (Å²) in [6.07, 6.45) is 1.82. The minimum atomic E-state index is -4.88. The van der Waals surface area contributed by atoms with Crippen molar-refractivity contribution in [1.29, 1.82) is 5.26 Å². The number of nitriles is 1. The lowest BCUT2D eigenvalue weighted by Crippen LogP contribution is -2.31. The number of nitrogens with zero attached hydrogens (tertiary/aromatic N) is 7. The van der Waals surface area contributed by atoms with E-state index in [1.54, 1.807) is 23.8 Å². The van der Waals surface area contributed by atoms with Gasteiger partial charge in [-0.25, -0.2) is 29.6 Å². The normalized spacial score (nSPS) is 14.2. The van der Waals surface area contributed by atoms with Crippen LogP contribution in [0.5, 0.6) is 34.9 Å². The fourth-order valence-electron chi connectivity index (χ4n) is 5.49. The summed E-state index contributed by atoms with van der Waals surface area (Å²) in [5, 5.41) is 12.9. The highest BCUT2D eigenvalue weighted by Gasteiger charge is 2.38. The molecule has 55 heavy (non-hydrogen) atoms. The van der Waals surface area contributed by atoms with E-state index < -0.39 is 24.2 Å². The minimum Gasteiger partial charge on any atom is -0.488 e. The van der Waals surface area contributed by atoms with E-state index in [9.17, 15) is 28.0 Å². The number of benzene rings is 2. The molecule has 0 radical (unpaired) electrons. The molecule has 3 amide bonds. The zero-order valence-corrected chi connectivity index (χ0v) is 32.1. The summed E-state index contributed by atoms with van der Waals surface area (Å²) in [7, 11) is 0. The van der Waals surface area contributed by atoms with E-state index in [1.165, 1.54) is 49.8 Å². The number of hydrogen-bond donors (Lipinski definition) is 1. The van der Waals surface area contributed by atoms with E-state index in [-0.39, 0.29) is 58.0 Å². The fraction of sp³-hybridized carbons (Fsp3) is 0.270. The van der Waals surface area contributed by atoms with Crippen LogP contribution in [0.4, 0.5) is 23.7 Å². The largest absolute Gasteiger partial charge is 0.573 e. The van der Waals surface area contributed by atoms with Crippen LogP contribution in [0, 0.1) is 21.8 Å². The Morgan fingerprint density at radius 2 is 1.73 bits per heavy atom. The van der Waals surface area contributed by atoms with Gasteiger partial charge in [0.2, 0.25) is 5.88 Å². The Kier molecular flexibility index (Phi) is 11.1. The van der Waals surface area contributed by atoms with Crippen LogP contribution in [0.1, 0.15) is 50.9 Å². The predicted octanol–water partition coefficient (Wildman–Crippen LogP) is 8.18. The Balaban J connectivity index is 1.38. The number of carbonyl (C=O) groups is 2. The number of ether oxygens (including phenoxy) is 4. The molecule has 0 bridgehead atoms. The van der Waals surface area contributed by atoms with Crippen LogP contribution in [0.25, 0.3) is 17.1 Å². The summed E-state index contributed by atoms with van der Waals surface area (Å²) in [5.74, 6) is 0.227. The topological polar surface area (TPSA) is 167 Å². The van der Waals surface area contributed by atoms with Crippen LogP contribution >= 0.6 is 22.6 Å². The van der Waals surface area contributed by atoms with Gasteiger partial charge in [-0.1, -0.05) is 19.9 Å². The minimum absolute atomic E-state index is 0.0281. The molecule has 0 aliphatic carbocycles. The Hall–Kier alpha value is -5.97. The smallest absolute Gasteiger partial charge is 0.488 e. The Labute approximate surface area is 326 Å². The highest BCUT2D eigenvalue weighted by atomic mass is 127. The molecule has 3 aromatic heterocycles. The molecule has 0 saturated carbocycles. The van der Waals surface area contributed by atoms with Gasteiger partial charge in [-0.15, -0.1) is 13.2 Å². The number of alkyl halides is 3. The van der Waals surface area contributed by atoms with Gasteiger partial charge in [0.05, 0.1) is 56.5 Å². The first-order valence-electron chi connectivity index (χ1n) is 16.9. The molecule has 6 rings (SSSR count). The van der Waals surface area contributed by atoms with Crippen LogP contribution < -0.4 is 29.2 Å².